The second-order valence-electron chi connectivity index (χ2n) is 7.17. The summed E-state index contributed by atoms with van der Waals surface area (Å²) >= 11 is 1.73. The highest BCUT2D eigenvalue weighted by Crippen LogP contribution is 2.12. The van der Waals surface area contributed by atoms with Crippen molar-refractivity contribution in [1.82, 2.24) is 4.98 Å². The van der Waals surface area contributed by atoms with Gasteiger partial charge in [-0.1, -0.05) is 64.7 Å². The second-order valence-corrected chi connectivity index (χ2v) is 8.23. The van der Waals surface area contributed by atoms with Crippen LogP contribution in [-0.2, 0) is 13.0 Å². The van der Waals surface area contributed by atoms with Gasteiger partial charge in [-0.25, -0.2) is 4.98 Å². The first-order valence-corrected chi connectivity index (χ1v) is 11.0. The van der Waals surface area contributed by atoms with Gasteiger partial charge in [0.15, 0.2) is 18.9 Å². The van der Waals surface area contributed by atoms with Crippen LogP contribution in [0.3, 0.4) is 0 Å². The molecule has 0 unspecified atom stereocenters. The molecule has 2 nitrogen and oxygen atoms in total. The maximum Gasteiger partial charge on any atom is 0.191 e. The Morgan fingerprint density at radius 1 is 0.885 bits per heavy atom. The van der Waals surface area contributed by atoms with Crippen LogP contribution in [0, 0.1) is 6.92 Å². The third-order valence-electron chi connectivity index (χ3n) is 4.79. The summed E-state index contributed by atoms with van der Waals surface area (Å²) in [5, 5.41) is 3.30. The maximum absolute atomic E-state index is 4.53. The number of hydrogen-bond donors (Lipinski definition) is 0. The van der Waals surface area contributed by atoms with Crippen molar-refractivity contribution in [3.8, 4) is 0 Å². The zero-order valence-electron chi connectivity index (χ0n) is 16.6. The summed E-state index contributed by atoms with van der Waals surface area (Å²) in [7, 11) is 0. The molecular weight excluding hydrogens is 360 g/mol. The lowest BCUT2D eigenvalue weighted by Gasteiger charge is -2.03. The summed E-state index contributed by atoms with van der Waals surface area (Å²) in [6.45, 7) is 5.23. The quantitative estimate of drug-likeness (QED) is 0.376. The van der Waals surface area contributed by atoms with Crippen molar-refractivity contribution in [2.45, 2.75) is 91.0 Å². The molecular formula is C22H35ClN2S. The highest BCUT2D eigenvalue weighted by molar-refractivity contribution is 7.09. The van der Waals surface area contributed by atoms with Gasteiger partial charge in [-0.2, -0.15) is 4.57 Å². The molecule has 2 rings (SSSR count). The molecule has 0 radical (unpaired) electrons. The minimum Gasteiger partial charge on any atom is -1.00 e. The van der Waals surface area contributed by atoms with Gasteiger partial charge < -0.3 is 12.4 Å². The highest BCUT2D eigenvalue weighted by atomic mass is 35.5. The average Bonchev–Trinajstić information content (AvgIpc) is 3.03. The third kappa shape index (κ3) is 9.68. The molecule has 146 valence electrons. The van der Waals surface area contributed by atoms with E-state index < -0.39 is 0 Å². The van der Waals surface area contributed by atoms with E-state index in [1.807, 2.05) is 0 Å². The fourth-order valence-corrected chi connectivity index (χ4v) is 3.85. The van der Waals surface area contributed by atoms with E-state index >= 15 is 0 Å². The molecule has 0 N–H and O–H groups in total. The molecule has 0 spiro atoms. The van der Waals surface area contributed by atoms with Crippen LogP contribution in [0.5, 0.6) is 0 Å². The van der Waals surface area contributed by atoms with Gasteiger partial charge in [-0.3, -0.25) is 0 Å². The Labute approximate surface area is 170 Å². The third-order valence-corrected chi connectivity index (χ3v) is 5.61. The molecule has 0 atom stereocenters. The van der Waals surface area contributed by atoms with E-state index in [9.17, 15) is 0 Å². The van der Waals surface area contributed by atoms with Crippen LogP contribution in [0.25, 0.3) is 0 Å². The van der Waals surface area contributed by atoms with Gasteiger partial charge in [0, 0.05) is 17.5 Å². The molecule has 2 aromatic rings. The van der Waals surface area contributed by atoms with Crippen molar-refractivity contribution in [3.05, 3.63) is 46.2 Å². The van der Waals surface area contributed by atoms with Crippen LogP contribution < -0.4 is 17.0 Å². The van der Waals surface area contributed by atoms with Crippen molar-refractivity contribution in [3.63, 3.8) is 0 Å². The Morgan fingerprint density at radius 2 is 1.46 bits per heavy atom. The Bertz CT molecular complexity index is 580. The van der Waals surface area contributed by atoms with E-state index in [0.717, 1.165) is 17.2 Å². The smallest absolute Gasteiger partial charge is 0.191 e. The molecule has 26 heavy (non-hydrogen) atoms. The first-order valence-electron chi connectivity index (χ1n) is 10.2. The van der Waals surface area contributed by atoms with E-state index in [1.54, 1.807) is 11.3 Å². The maximum atomic E-state index is 4.53. The molecule has 0 saturated carbocycles. The number of aryl methyl sites for hydroxylation is 2. The first-order chi connectivity index (χ1) is 12.3. The van der Waals surface area contributed by atoms with Crippen LogP contribution in [-0.4, -0.2) is 4.98 Å². The number of aromatic nitrogens is 2. The van der Waals surface area contributed by atoms with Gasteiger partial charge in [0.05, 0.1) is 5.01 Å². The van der Waals surface area contributed by atoms with Crippen molar-refractivity contribution < 1.29 is 17.0 Å². The summed E-state index contributed by atoms with van der Waals surface area (Å²) in [5.41, 5.74) is 2.63. The molecule has 0 aliphatic heterocycles. The zero-order valence-corrected chi connectivity index (χ0v) is 18.1. The van der Waals surface area contributed by atoms with Gasteiger partial charge in [0.2, 0.25) is 0 Å². The molecule has 0 aliphatic carbocycles. The van der Waals surface area contributed by atoms with Crippen LogP contribution in [0.15, 0.2) is 29.9 Å². The van der Waals surface area contributed by atoms with Crippen molar-refractivity contribution in [2.75, 3.05) is 0 Å². The first kappa shape index (κ1) is 23.1. The molecule has 0 fully saturated rings. The summed E-state index contributed by atoms with van der Waals surface area (Å²) in [4.78, 5) is 4.53. The Morgan fingerprint density at radius 3 is 2.00 bits per heavy atom. The molecule has 0 aromatic carbocycles. The van der Waals surface area contributed by atoms with Crippen molar-refractivity contribution >= 4 is 11.3 Å². The molecule has 2 aromatic heterocycles. The number of unbranched alkanes of at least 4 members (excludes halogenated alkanes) is 9. The van der Waals surface area contributed by atoms with Crippen LogP contribution in [0.2, 0.25) is 0 Å². The molecule has 4 heteroatoms. The number of pyridine rings is 1. The van der Waals surface area contributed by atoms with E-state index in [2.05, 4.69) is 53.3 Å². The predicted octanol–water partition coefficient (Wildman–Crippen LogP) is 3.25. The number of nitrogens with zero attached hydrogens (tertiary/aromatic N) is 2. The Hall–Kier alpha value is -0.930. The fraction of sp³-hybridized carbons (Fsp3) is 0.636. The van der Waals surface area contributed by atoms with Gasteiger partial charge in [-0.05, 0) is 25.3 Å². The average molecular weight is 395 g/mol. The number of hydrogen-bond acceptors (Lipinski definition) is 2. The molecule has 0 bridgehead atoms. The van der Waals surface area contributed by atoms with E-state index in [4.69, 9.17) is 0 Å². The molecule has 0 aliphatic rings. The lowest BCUT2D eigenvalue weighted by molar-refractivity contribution is -0.688. The second kappa shape index (κ2) is 14.2. The summed E-state index contributed by atoms with van der Waals surface area (Å²) in [6.07, 6.45) is 19.7. The largest absolute Gasteiger partial charge is 1.00 e. The summed E-state index contributed by atoms with van der Waals surface area (Å²) in [5.74, 6) is 0. The van der Waals surface area contributed by atoms with Gasteiger partial charge in [-0.15, -0.1) is 11.3 Å². The lowest BCUT2D eigenvalue weighted by atomic mass is 10.0. The van der Waals surface area contributed by atoms with Crippen LogP contribution in [0.1, 0.15) is 87.4 Å². The molecule has 0 saturated heterocycles. The van der Waals surface area contributed by atoms with Crippen molar-refractivity contribution in [2.24, 2.45) is 0 Å². The Balaban J connectivity index is 0.00000338. The highest BCUT2D eigenvalue weighted by Gasteiger charge is 2.06. The molecule has 2 heterocycles. The monoisotopic (exact) mass is 394 g/mol. The van der Waals surface area contributed by atoms with Gasteiger partial charge >= 0.3 is 0 Å². The fourth-order valence-electron chi connectivity index (χ4n) is 3.24. The van der Waals surface area contributed by atoms with Crippen LogP contribution in [0.4, 0.5) is 0 Å². The van der Waals surface area contributed by atoms with Gasteiger partial charge in [0.1, 0.15) is 5.69 Å². The number of halogens is 1. The van der Waals surface area contributed by atoms with E-state index in [1.165, 1.54) is 76.2 Å². The standard InChI is InChI=1S/C22H35N2S.ClH/c1-3-4-5-6-7-8-9-10-11-12-13-21-14-16-24(17-15-21)18-22-19-25-20(2)23-22;/h14-17,19H,3-13,18H2,1-2H3;1H/q+1;/p-1. The zero-order chi connectivity index (χ0) is 17.7. The minimum atomic E-state index is 0. The molecule has 0 amide bonds. The Kier molecular flexibility index (Phi) is 12.6. The topological polar surface area (TPSA) is 16.8 Å². The van der Waals surface area contributed by atoms with Gasteiger partial charge in [0.25, 0.3) is 0 Å². The summed E-state index contributed by atoms with van der Waals surface area (Å²) in [6, 6.07) is 4.54. The number of rotatable bonds is 13. The SMILES string of the molecule is CCCCCCCCCCCCc1cc[n+](Cc2csc(C)n2)cc1.[Cl-]. The van der Waals surface area contributed by atoms with Crippen LogP contribution >= 0.6 is 11.3 Å². The predicted molar refractivity (Wildman–Crippen MR) is 108 cm³/mol. The van der Waals surface area contributed by atoms with Crippen molar-refractivity contribution in [1.29, 1.82) is 0 Å². The normalized spacial score (nSPS) is 10.7. The lowest BCUT2D eigenvalue weighted by Crippen LogP contribution is -3.00. The summed E-state index contributed by atoms with van der Waals surface area (Å²) < 4.78 is 2.22. The number of thiazole rings is 1. The van der Waals surface area contributed by atoms with E-state index in [0.29, 0.717) is 0 Å². The minimum absolute atomic E-state index is 0. The van der Waals surface area contributed by atoms with E-state index in [-0.39, 0.29) is 12.4 Å².